The van der Waals surface area contributed by atoms with Gasteiger partial charge in [-0.3, -0.25) is 0 Å². The van der Waals surface area contributed by atoms with Crippen LogP contribution < -0.4 is 0 Å². The standard InChI is InChI=1S/C13H28/c1-7-13(6,12(4)5)10-8-9-11(2)3/h11-12H,7-10H2,1-6H3. The minimum atomic E-state index is 0.578. The summed E-state index contributed by atoms with van der Waals surface area (Å²) in [4.78, 5) is 0. The minimum Gasteiger partial charge on any atom is -0.0649 e. The summed E-state index contributed by atoms with van der Waals surface area (Å²) in [5.74, 6) is 1.69. The molecule has 1 unspecified atom stereocenters. The van der Waals surface area contributed by atoms with E-state index in [1.165, 1.54) is 25.7 Å². The quantitative estimate of drug-likeness (QED) is 0.551. The van der Waals surface area contributed by atoms with Gasteiger partial charge in [-0.25, -0.2) is 0 Å². The Morgan fingerprint density at radius 3 is 1.92 bits per heavy atom. The molecule has 0 aromatic heterocycles. The first kappa shape index (κ1) is 13.0. The molecule has 0 nitrogen and oxygen atoms in total. The molecule has 0 heterocycles. The van der Waals surface area contributed by atoms with Gasteiger partial charge in [0.05, 0.1) is 0 Å². The van der Waals surface area contributed by atoms with Gasteiger partial charge < -0.3 is 0 Å². The predicted octanol–water partition coefficient (Wildman–Crippen LogP) is 4.89. The van der Waals surface area contributed by atoms with Crippen LogP contribution in [0, 0.1) is 17.3 Å². The summed E-state index contributed by atoms with van der Waals surface area (Å²) in [7, 11) is 0. The van der Waals surface area contributed by atoms with Crippen LogP contribution in [0.4, 0.5) is 0 Å². The highest BCUT2D eigenvalue weighted by Gasteiger charge is 2.25. The first-order valence-electron chi connectivity index (χ1n) is 5.92. The maximum Gasteiger partial charge on any atom is -0.0305 e. The molecule has 80 valence electrons. The van der Waals surface area contributed by atoms with Gasteiger partial charge in [-0.05, 0) is 23.7 Å². The van der Waals surface area contributed by atoms with E-state index < -0.39 is 0 Å². The van der Waals surface area contributed by atoms with Crippen molar-refractivity contribution in [3.05, 3.63) is 0 Å². The van der Waals surface area contributed by atoms with Crippen LogP contribution in [-0.4, -0.2) is 0 Å². The molecular weight excluding hydrogens is 156 g/mol. The van der Waals surface area contributed by atoms with E-state index in [1.54, 1.807) is 0 Å². The highest BCUT2D eigenvalue weighted by atomic mass is 14.3. The first-order chi connectivity index (χ1) is 5.92. The van der Waals surface area contributed by atoms with Gasteiger partial charge in [0.1, 0.15) is 0 Å². The largest absolute Gasteiger partial charge is 0.0649 e. The minimum absolute atomic E-state index is 0.578. The lowest BCUT2D eigenvalue weighted by atomic mass is 9.73. The Labute approximate surface area is 85.1 Å². The summed E-state index contributed by atoms with van der Waals surface area (Å²) in [6.45, 7) is 14.1. The Hall–Kier alpha value is 0. The monoisotopic (exact) mass is 184 g/mol. The van der Waals surface area contributed by atoms with Gasteiger partial charge in [0, 0.05) is 0 Å². The van der Waals surface area contributed by atoms with E-state index in [2.05, 4.69) is 41.5 Å². The zero-order valence-corrected chi connectivity index (χ0v) is 10.5. The van der Waals surface area contributed by atoms with Crippen LogP contribution in [0.2, 0.25) is 0 Å². The summed E-state index contributed by atoms with van der Waals surface area (Å²) in [6, 6.07) is 0. The molecule has 0 N–H and O–H groups in total. The van der Waals surface area contributed by atoms with Crippen LogP contribution in [-0.2, 0) is 0 Å². The second kappa shape index (κ2) is 5.67. The SMILES string of the molecule is CCC(C)(CCCC(C)C)C(C)C. The highest BCUT2D eigenvalue weighted by Crippen LogP contribution is 2.36. The van der Waals surface area contributed by atoms with E-state index in [-0.39, 0.29) is 0 Å². The van der Waals surface area contributed by atoms with Crippen LogP contribution in [0.1, 0.15) is 67.2 Å². The van der Waals surface area contributed by atoms with Gasteiger partial charge in [0.25, 0.3) is 0 Å². The molecule has 0 aromatic carbocycles. The number of hydrogen-bond acceptors (Lipinski definition) is 0. The fourth-order valence-corrected chi connectivity index (χ4v) is 1.79. The zero-order valence-electron chi connectivity index (χ0n) is 10.5. The van der Waals surface area contributed by atoms with Crippen molar-refractivity contribution in [1.82, 2.24) is 0 Å². The summed E-state index contributed by atoms with van der Waals surface area (Å²) in [5, 5.41) is 0. The van der Waals surface area contributed by atoms with E-state index in [4.69, 9.17) is 0 Å². The van der Waals surface area contributed by atoms with Crippen molar-refractivity contribution in [2.45, 2.75) is 67.2 Å². The third-order valence-corrected chi connectivity index (χ3v) is 3.73. The van der Waals surface area contributed by atoms with E-state index in [0.717, 1.165) is 11.8 Å². The Morgan fingerprint density at radius 1 is 1.08 bits per heavy atom. The average Bonchev–Trinajstić information content (AvgIpc) is 2.03. The Bertz CT molecular complexity index is 124. The molecule has 0 saturated carbocycles. The topological polar surface area (TPSA) is 0 Å². The van der Waals surface area contributed by atoms with Gasteiger partial charge >= 0.3 is 0 Å². The number of hydrogen-bond donors (Lipinski definition) is 0. The van der Waals surface area contributed by atoms with Crippen molar-refractivity contribution in [1.29, 1.82) is 0 Å². The van der Waals surface area contributed by atoms with E-state index in [1.807, 2.05) is 0 Å². The van der Waals surface area contributed by atoms with Crippen molar-refractivity contribution in [2.75, 3.05) is 0 Å². The normalized spacial score (nSPS) is 16.6. The molecule has 0 aromatic rings. The third kappa shape index (κ3) is 4.69. The molecule has 0 bridgehead atoms. The number of rotatable bonds is 6. The summed E-state index contributed by atoms with van der Waals surface area (Å²) < 4.78 is 0. The molecule has 13 heavy (non-hydrogen) atoms. The van der Waals surface area contributed by atoms with Crippen molar-refractivity contribution < 1.29 is 0 Å². The molecule has 1 atom stereocenters. The fraction of sp³-hybridized carbons (Fsp3) is 1.00. The maximum absolute atomic E-state index is 2.44. The molecule has 0 aliphatic carbocycles. The summed E-state index contributed by atoms with van der Waals surface area (Å²) >= 11 is 0. The van der Waals surface area contributed by atoms with Gasteiger partial charge in [-0.15, -0.1) is 0 Å². The smallest absolute Gasteiger partial charge is 0.0305 e. The van der Waals surface area contributed by atoms with Crippen molar-refractivity contribution in [3.8, 4) is 0 Å². The second-order valence-electron chi connectivity index (χ2n) is 5.45. The van der Waals surface area contributed by atoms with Crippen LogP contribution in [0.5, 0.6) is 0 Å². The second-order valence-corrected chi connectivity index (χ2v) is 5.45. The van der Waals surface area contributed by atoms with Crippen molar-refractivity contribution in [2.24, 2.45) is 17.3 Å². The van der Waals surface area contributed by atoms with Gasteiger partial charge in [-0.2, -0.15) is 0 Å². The van der Waals surface area contributed by atoms with E-state index in [0.29, 0.717) is 5.41 Å². The van der Waals surface area contributed by atoms with E-state index >= 15 is 0 Å². The predicted molar refractivity (Wildman–Crippen MR) is 61.9 cm³/mol. The van der Waals surface area contributed by atoms with Gasteiger partial charge in [0.15, 0.2) is 0 Å². The van der Waals surface area contributed by atoms with Crippen LogP contribution in [0.25, 0.3) is 0 Å². The lowest BCUT2D eigenvalue weighted by molar-refractivity contribution is 0.181. The Morgan fingerprint density at radius 2 is 1.62 bits per heavy atom. The molecule has 0 aliphatic heterocycles. The summed E-state index contributed by atoms with van der Waals surface area (Å²) in [6.07, 6.45) is 5.52. The highest BCUT2D eigenvalue weighted by molar-refractivity contribution is 4.76. The maximum atomic E-state index is 2.44. The lowest BCUT2D eigenvalue weighted by Gasteiger charge is -2.33. The molecule has 0 amide bonds. The molecule has 0 heteroatoms. The molecule has 0 fully saturated rings. The molecule has 0 rings (SSSR count). The van der Waals surface area contributed by atoms with Crippen LogP contribution >= 0.6 is 0 Å². The first-order valence-corrected chi connectivity index (χ1v) is 5.92. The molecular formula is C13H28. The van der Waals surface area contributed by atoms with Crippen LogP contribution in [0.15, 0.2) is 0 Å². The average molecular weight is 184 g/mol. The molecule has 0 spiro atoms. The Balaban J connectivity index is 3.84. The fourth-order valence-electron chi connectivity index (χ4n) is 1.79. The zero-order chi connectivity index (χ0) is 10.5. The van der Waals surface area contributed by atoms with Crippen molar-refractivity contribution >= 4 is 0 Å². The Kier molecular flexibility index (Phi) is 5.67. The molecule has 0 radical (unpaired) electrons. The van der Waals surface area contributed by atoms with Crippen molar-refractivity contribution in [3.63, 3.8) is 0 Å². The lowest BCUT2D eigenvalue weighted by Crippen LogP contribution is -2.22. The van der Waals surface area contributed by atoms with Crippen LogP contribution in [0.3, 0.4) is 0 Å². The third-order valence-electron chi connectivity index (χ3n) is 3.73. The van der Waals surface area contributed by atoms with Gasteiger partial charge in [0.2, 0.25) is 0 Å². The van der Waals surface area contributed by atoms with Gasteiger partial charge in [-0.1, -0.05) is 60.8 Å². The molecule has 0 aliphatic rings. The van der Waals surface area contributed by atoms with E-state index in [9.17, 15) is 0 Å². The summed E-state index contributed by atoms with van der Waals surface area (Å²) in [5.41, 5.74) is 0.578. The molecule has 0 saturated heterocycles.